The maximum atomic E-state index is 12.8. The highest BCUT2D eigenvalue weighted by Crippen LogP contribution is 2.69. The molecule has 1 aromatic carbocycles. The molecule has 0 heterocycles. The number of nitrogens with zero attached hydrogens (tertiary/aromatic N) is 1. The van der Waals surface area contributed by atoms with Crippen molar-refractivity contribution in [3.63, 3.8) is 0 Å². The Morgan fingerprint density at radius 2 is 1.48 bits per heavy atom. The summed E-state index contributed by atoms with van der Waals surface area (Å²) in [5.74, 6) is -0.141. The molecule has 0 saturated heterocycles. The first kappa shape index (κ1) is 15.8. The van der Waals surface area contributed by atoms with Crippen LogP contribution in [0.1, 0.15) is 64.5 Å². The van der Waals surface area contributed by atoms with Crippen LogP contribution in [0.2, 0.25) is 0 Å². The van der Waals surface area contributed by atoms with Crippen LogP contribution in [0.25, 0.3) is 0 Å². The Bertz CT molecular complexity index is 573. The summed E-state index contributed by atoms with van der Waals surface area (Å²) in [7, 11) is 0. The second-order valence-electron chi connectivity index (χ2n) is 7.66. The van der Waals surface area contributed by atoms with E-state index in [-0.39, 0.29) is 22.5 Å². The number of ketones is 1. The molecule has 112 valence electrons. The third-order valence-corrected chi connectivity index (χ3v) is 5.66. The molecular weight excluding hydrogens is 258 g/mol. The molecule has 0 aliphatic heterocycles. The minimum Gasteiger partial charge on any atom is -0.297 e. The Labute approximate surface area is 128 Å². The van der Waals surface area contributed by atoms with Gasteiger partial charge in [0.2, 0.25) is 0 Å². The number of nitriles is 1. The van der Waals surface area contributed by atoms with Gasteiger partial charge in [0.15, 0.2) is 5.78 Å². The summed E-state index contributed by atoms with van der Waals surface area (Å²) in [5, 5.41) is 9.47. The molecule has 0 spiro atoms. The van der Waals surface area contributed by atoms with Crippen molar-refractivity contribution in [3.05, 3.63) is 35.4 Å². The molecule has 1 aliphatic carbocycles. The zero-order valence-electron chi connectivity index (χ0n) is 13.9. The minimum atomic E-state index is -0.641. The molecule has 2 heteroatoms. The van der Waals surface area contributed by atoms with Crippen molar-refractivity contribution >= 4 is 5.78 Å². The molecule has 21 heavy (non-hydrogen) atoms. The summed E-state index contributed by atoms with van der Waals surface area (Å²) in [6, 6.07) is 10.1. The van der Waals surface area contributed by atoms with Crippen LogP contribution in [-0.4, -0.2) is 5.78 Å². The lowest BCUT2D eigenvalue weighted by Crippen LogP contribution is -2.16. The smallest absolute Gasteiger partial charge is 0.158 e. The third-order valence-electron chi connectivity index (χ3n) is 5.66. The topological polar surface area (TPSA) is 40.9 Å². The largest absolute Gasteiger partial charge is 0.297 e. The SMILES string of the molecule is CC(C)c1ccc(C(C#N)C(=O)C2C(C)(C)C2(C)C)cc1. The fourth-order valence-corrected chi connectivity index (χ4v) is 3.45. The van der Waals surface area contributed by atoms with Crippen LogP contribution in [0, 0.1) is 28.1 Å². The Morgan fingerprint density at radius 1 is 1.05 bits per heavy atom. The molecule has 0 radical (unpaired) electrons. The van der Waals surface area contributed by atoms with E-state index in [1.165, 1.54) is 5.56 Å². The van der Waals surface area contributed by atoms with Gasteiger partial charge in [-0.05, 0) is 27.9 Å². The van der Waals surface area contributed by atoms with Crippen LogP contribution in [-0.2, 0) is 4.79 Å². The van der Waals surface area contributed by atoms with Gasteiger partial charge < -0.3 is 0 Å². The van der Waals surface area contributed by atoms with E-state index in [0.717, 1.165) is 5.56 Å². The predicted octanol–water partition coefficient (Wildman–Crippen LogP) is 4.67. The summed E-state index contributed by atoms with van der Waals surface area (Å²) in [6.45, 7) is 12.7. The van der Waals surface area contributed by atoms with Crippen molar-refractivity contribution in [2.24, 2.45) is 16.7 Å². The first-order chi connectivity index (χ1) is 9.64. The van der Waals surface area contributed by atoms with Gasteiger partial charge in [-0.15, -0.1) is 0 Å². The summed E-state index contributed by atoms with van der Waals surface area (Å²) < 4.78 is 0. The van der Waals surface area contributed by atoms with Gasteiger partial charge in [-0.2, -0.15) is 5.26 Å². The Morgan fingerprint density at radius 3 is 1.81 bits per heavy atom. The summed E-state index contributed by atoms with van der Waals surface area (Å²) in [5.41, 5.74) is 2.02. The normalized spacial score (nSPS) is 20.9. The number of carbonyl (C=O) groups is 1. The Balaban J connectivity index is 2.26. The maximum Gasteiger partial charge on any atom is 0.158 e. The van der Waals surface area contributed by atoms with Crippen molar-refractivity contribution in [1.82, 2.24) is 0 Å². The fourth-order valence-electron chi connectivity index (χ4n) is 3.45. The Kier molecular flexibility index (Phi) is 3.74. The summed E-state index contributed by atoms with van der Waals surface area (Å²) in [6.07, 6.45) is 0. The van der Waals surface area contributed by atoms with Crippen LogP contribution in [0.4, 0.5) is 0 Å². The zero-order chi connectivity index (χ0) is 16.0. The lowest BCUT2D eigenvalue weighted by molar-refractivity contribution is -0.121. The van der Waals surface area contributed by atoms with Crippen LogP contribution in [0.5, 0.6) is 0 Å². The average Bonchev–Trinajstić information content (AvgIpc) is 2.80. The highest BCUT2D eigenvalue weighted by molar-refractivity contribution is 5.94. The van der Waals surface area contributed by atoms with E-state index in [4.69, 9.17) is 0 Å². The molecule has 2 nitrogen and oxygen atoms in total. The number of hydrogen-bond donors (Lipinski definition) is 0. The van der Waals surface area contributed by atoms with E-state index >= 15 is 0 Å². The highest BCUT2D eigenvalue weighted by Gasteiger charge is 2.68. The van der Waals surface area contributed by atoms with Crippen molar-refractivity contribution in [1.29, 1.82) is 5.26 Å². The fraction of sp³-hybridized carbons (Fsp3) is 0.579. The van der Waals surface area contributed by atoms with E-state index in [2.05, 4.69) is 47.6 Å². The molecule has 0 aromatic heterocycles. The molecular formula is C19H25NO. The first-order valence-electron chi connectivity index (χ1n) is 7.67. The quantitative estimate of drug-likeness (QED) is 0.805. The van der Waals surface area contributed by atoms with Crippen LogP contribution in [0.15, 0.2) is 24.3 Å². The lowest BCUT2D eigenvalue weighted by atomic mass is 9.89. The molecule has 1 aliphatic rings. The summed E-state index contributed by atoms with van der Waals surface area (Å²) in [4.78, 5) is 12.8. The van der Waals surface area contributed by atoms with Crippen LogP contribution >= 0.6 is 0 Å². The van der Waals surface area contributed by atoms with Gasteiger partial charge in [0, 0.05) is 5.92 Å². The number of benzene rings is 1. The van der Waals surface area contributed by atoms with Gasteiger partial charge >= 0.3 is 0 Å². The maximum absolute atomic E-state index is 12.8. The number of Topliss-reactive ketones (excluding diaryl/α,β-unsaturated/α-hetero) is 1. The number of rotatable bonds is 4. The first-order valence-corrected chi connectivity index (χ1v) is 7.67. The van der Waals surface area contributed by atoms with E-state index in [1.807, 2.05) is 24.3 Å². The van der Waals surface area contributed by atoms with Gasteiger partial charge in [-0.1, -0.05) is 65.8 Å². The molecule has 1 fully saturated rings. The molecule has 1 atom stereocenters. The minimum absolute atomic E-state index is 0.0168. The van der Waals surface area contributed by atoms with Crippen molar-refractivity contribution < 1.29 is 4.79 Å². The standard InChI is InChI=1S/C19H25NO/c1-12(2)13-7-9-14(10-8-13)15(11-20)16(21)17-18(3,4)19(17,5)6/h7-10,12,15,17H,1-6H3. The zero-order valence-corrected chi connectivity index (χ0v) is 13.9. The van der Waals surface area contributed by atoms with E-state index < -0.39 is 5.92 Å². The lowest BCUT2D eigenvalue weighted by Gasteiger charge is -2.12. The van der Waals surface area contributed by atoms with Crippen LogP contribution < -0.4 is 0 Å². The van der Waals surface area contributed by atoms with Crippen molar-refractivity contribution in [2.45, 2.75) is 53.4 Å². The second kappa shape index (κ2) is 4.98. The monoisotopic (exact) mass is 283 g/mol. The third kappa shape index (κ3) is 2.39. The molecule has 2 rings (SSSR count). The van der Waals surface area contributed by atoms with E-state index in [1.54, 1.807) is 0 Å². The molecule has 0 N–H and O–H groups in total. The average molecular weight is 283 g/mol. The number of hydrogen-bond acceptors (Lipinski definition) is 2. The molecule has 0 bridgehead atoms. The number of carbonyl (C=O) groups excluding carboxylic acids is 1. The molecule has 1 saturated carbocycles. The second-order valence-corrected chi connectivity index (χ2v) is 7.66. The summed E-state index contributed by atoms with van der Waals surface area (Å²) >= 11 is 0. The van der Waals surface area contributed by atoms with Gasteiger partial charge in [0.05, 0.1) is 6.07 Å². The Hall–Kier alpha value is -1.62. The molecule has 1 unspecified atom stereocenters. The van der Waals surface area contributed by atoms with Gasteiger partial charge in [-0.3, -0.25) is 4.79 Å². The molecule has 1 aromatic rings. The van der Waals surface area contributed by atoms with Gasteiger partial charge in [0.25, 0.3) is 0 Å². The van der Waals surface area contributed by atoms with Crippen molar-refractivity contribution in [2.75, 3.05) is 0 Å². The van der Waals surface area contributed by atoms with Gasteiger partial charge in [0.1, 0.15) is 5.92 Å². The highest BCUT2D eigenvalue weighted by atomic mass is 16.1. The van der Waals surface area contributed by atoms with Gasteiger partial charge in [-0.25, -0.2) is 0 Å². The predicted molar refractivity (Wildman–Crippen MR) is 84.9 cm³/mol. The van der Waals surface area contributed by atoms with Crippen molar-refractivity contribution in [3.8, 4) is 6.07 Å². The molecule has 0 amide bonds. The van der Waals surface area contributed by atoms with E-state index in [9.17, 15) is 10.1 Å². The van der Waals surface area contributed by atoms with E-state index in [0.29, 0.717) is 5.92 Å². The van der Waals surface area contributed by atoms with Crippen LogP contribution in [0.3, 0.4) is 0 Å².